The molecule has 152 valence electrons. The van der Waals surface area contributed by atoms with Gasteiger partial charge in [0.25, 0.3) is 5.91 Å². The molecule has 7 nitrogen and oxygen atoms in total. The molecular weight excluding hydrogens is 379 g/mol. The van der Waals surface area contributed by atoms with Crippen LogP contribution in [0.1, 0.15) is 35.4 Å². The van der Waals surface area contributed by atoms with Crippen molar-refractivity contribution in [2.45, 2.75) is 43.2 Å². The molecule has 0 unspecified atom stereocenters. The van der Waals surface area contributed by atoms with Gasteiger partial charge in [-0.3, -0.25) is 4.79 Å². The first kappa shape index (κ1) is 19.2. The largest absolute Gasteiger partial charge is 0.449 e. The molecule has 2 saturated heterocycles. The van der Waals surface area contributed by atoms with Crippen molar-refractivity contribution in [3.63, 3.8) is 0 Å². The van der Waals surface area contributed by atoms with E-state index in [1.54, 1.807) is 4.90 Å². The van der Waals surface area contributed by atoms with Gasteiger partial charge in [0.1, 0.15) is 6.10 Å². The van der Waals surface area contributed by atoms with Gasteiger partial charge >= 0.3 is 6.18 Å². The van der Waals surface area contributed by atoms with Gasteiger partial charge in [-0.2, -0.15) is 13.2 Å². The average Bonchev–Trinajstić information content (AvgIpc) is 3.09. The van der Waals surface area contributed by atoms with E-state index in [9.17, 15) is 28.2 Å². The first-order valence-electron chi connectivity index (χ1n) is 9.03. The fourth-order valence-electron chi connectivity index (χ4n) is 3.87. The number of rotatable bonds is 1. The van der Waals surface area contributed by atoms with Crippen molar-refractivity contribution in [1.29, 1.82) is 0 Å². The smallest absolute Gasteiger partial charge is 0.390 e. The Kier molecular flexibility index (Phi) is 4.59. The number of H-pyrrole nitrogens is 1. The molecule has 2 atom stereocenters. The van der Waals surface area contributed by atoms with E-state index >= 15 is 0 Å². The number of aromatic nitrogens is 2. The first-order valence-corrected chi connectivity index (χ1v) is 9.03. The second-order valence-electron chi connectivity index (χ2n) is 7.44. The first-order chi connectivity index (χ1) is 13.2. The van der Waals surface area contributed by atoms with E-state index in [4.69, 9.17) is 4.74 Å². The maximum Gasteiger partial charge on any atom is 0.449 e. The predicted molar refractivity (Wildman–Crippen MR) is 91.5 cm³/mol. The molecule has 0 aliphatic carbocycles. The van der Waals surface area contributed by atoms with Crippen LogP contribution in [0.5, 0.6) is 0 Å². The lowest BCUT2D eigenvalue weighted by molar-refractivity contribution is -0.185. The SMILES string of the molecule is O=C(c1ccc2nc(C(F)(F)F)[nH]c2c1)N1CCC2(CC1)C[C@@H](O)[C@@H](O)CO2. The van der Waals surface area contributed by atoms with Gasteiger partial charge in [0.05, 0.1) is 29.3 Å². The van der Waals surface area contributed by atoms with Crippen LogP contribution in [0.2, 0.25) is 0 Å². The molecule has 1 aromatic carbocycles. The number of benzene rings is 1. The highest BCUT2D eigenvalue weighted by atomic mass is 19.4. The Bertz CT molecular complexity index is 890. The zero-order valence-electron chi connectivity index (χ0n) is 14.9. The maximum atomic E-state index is 12.8. The summed E-state index contributed by atoms with van der Waals surface area (Å²) in [4.78, 5) is 20.1. The minimum Gasteiger partial charge on any atom is -0.390 e. The number of aliphatic hydroxyl groups excluding tert-OH is 2. The minimum atomic E-state index is -4.58. The van der Waals surface area contributed by atoms with Crippen LogP contribution >= 0.6 is 0 Å². The van der Waals surface area contributed by atoms with Gasteiger partial charge in [-0.05, 0) is 31.0 Å². The number of fused-ring (bicyclic) bond motifs is 1. The molecule has 2 aliphatic heterocycles. The number of carbonyl (C=O) groups is 1. The normalized spacial score (nSPS) is 25.4. The lowest BCUT2D eigenvalue weighted by Gasteiger charge is -2.46. The molecule has 2 aliphatic rings. The zero-order chi connectivity index (χ0) is 20.1. The Morgan fingerprint density at radius 1 is 1.25 bits per heavy atom. The van der Waals surface area contributed by atoms with Crippen LogP contribution in [0.3, 0.4) is 0 Å². The monoisotopic (exact) mass is 399 g/mol. The van der Waals surface area contributed by atoms with E-state index in [1.807, 2.05) is 0 Å². The van der Waals surface area contributed by atoms with E-state index in [0.717, 1.165) is 0 Å². The molecule has 28 heavy (non-hydrogen) atoms. The number of hydrogen-bond acceptors (Lipinski definition) is 5. The Hall–Kier alpha value is -2.17. The summed E-state index contributed by atoms with van der Waals surface area (Å²) in [5.74, 6) is -1.38. The van der Waals surface area contributed by atoms with Crippen molar-refractivity contribution in [1.82, 2.24) is 14.9 Å². The van der Waals surface area contributed by atoms with Gasteiger partial charge in [-0.15, -0.1) is 0 Å². The van der Waals surface area contributed by atoms with E-state index in [1.165, 1.54) is 18.2 Å². The van der Waals surface area contributed by atoms with Crippen molar-refractivity contribution < 1.29 is 32.9 Å². The molecule has 0 radical (unpaired) electrons. The van der Waals surface area contributed by atoms with Crippen molar-refractivity contribution in [3.8, 4) is 0 Å². The highest BCUT2D eigenvalue weighted by Crippen LogP contribution is 2.35. The van der Waals surface area contributed by atoms with Gasteiger partial charge in [-0.25, -0.2) is 4.98 Å². The number of imidazole rings is 1. The Balaban J connectivity index is 1.47. The number of hydrogen-bond donors (Lipinski definition) is 3. The van der Waals surface area contributed by atoms with Crippen molar-refractivity contribution in [2.75, 3.05) is 19.7 Å². The summed E-state index contributed by atoms with van der Waals surface area (Å²) in [6, 6.07) is 4.23. The van der Waals surface area contributed by atoms with Crippen LogP contribution < -0.4 is 0 Å². The molecule has 2 aromatic rings. The number of halogens is 3. The van der Waals surface area contributed by atoms with Crippen LogP contribution in [0, 0.1) is 0 Å². The summed E-state index contributed by atoms with van der Waals surface area (Å²) in [5, 5.41) is 19.5. The molecule has 4 rings (SSSR count). The van der Waals surface area contributed by atoms with Gasteiger partial charge in [0.2, 0.25) is 5.82 Å². The van der Waals surface area contributed by atoms with Crippen LogP contribution in [-0.2, 0) is 10.9 Å². The average molecular weight is 399 g/mol. The number of piperidine rings is 1. The van der Waals surface area contributed by atoms with Crippen LogP contribution in [0.15, 0.2) is 18.2 Å². The summed E-state index contributed by atoms with van der Waals surface area (Å²) in [6.07, 6.45) is -4.96. The summed E-state index contributed by atoms with van der Waals surface area (Å²) in [6.45, 7) is 0.861. The second-order valence-corrected chi connectivity index (χ2v) is 7.44. The second kappa shape index (κ2) is 6.71. The molecule has 1 spiro atoms. The van der Waals surface area contributed by atoms with Crippen LogP contribution in [0.4, 0.5) is 13.2 Å². The summed E-state index contributed by atoms with van der Waals surface area (Å²) < 4.78 is 44.1. The summed E-state index contributed by atoms with van der Waals surface area (Å²) in [7, 11) is 0. The van der Waals surface area contributed by atoms with Crippen molar-refractivity contribution >= 4 is 16.9 Å². The van der Waals surface area contributed by atoms with E-state index in [2.05, 4.69) is 9.97 Å². The maximum absolute atomic E-state index is 12.8. The number of nitrogens with one attached hydrogen (secondary N) is 1. The predicted octanol–water partition coefficient (Wildman–Crippen LogP) is 1.70. The topological polar surface area (TPSA) is 98.7 Å². The van der Waals surface area contributed by atoms with Crippen LogP contribution in [-0.4, -0.2) is 68.5 Å². The quantitative estimate of drug-likeness (QED) is 0.678. The number of likely N-dealkylation sites (tertiary alicyclic amines) is 1. The lowest BCUT2D eigenvalue weighted by atomic mass is 9.82. The van der Waals surface area contributed by atoms with E-state index < -0.39 is 29.8 Å². The fourth-order valence-corrected chi connectivity index (χ4v) is 3.87. The number of aliphatic hydroxyl groups is 2. The molecule has 3 heterocycles. The molecule has 3 N–H and O–H groups in total. The summed E-state index contributed by atoms with van der Waals surface area (Å²) >= 11 is 0. The third-order valence-electron chi connectivity index (χ3n) is 5.54. The molecule has 1 amide bonds. The van der Waals surface area contributed by atoms with Gasteiger partial charge in [0.15, 0.2) is 0 Å². The number of aromatic amines is 1. The third kappa shape index (κ3) is 3.47. The fraction of sp³-hybridized carbons (Fsp3) is 0.556. The van der Waals surface area contributed by atoms with Gasteiger partial charge in [0, 0.05) is 25.1 Å². The van der Waals surface area contributed by atoms with E-state index in [0.29, 0.717) is 32.4 Å². The van der Waals surface area contributed by atoms with Crippen LogP contribution in [0.25, 0.3) is 11.0 Å². The molecule has 1 aromatic heterocycles. The lowest BCUT2D eigenvalue weighted by Crippen LogP contribution is -2.55. The standard InChI is InChI=1S/C18H20F3N3O4/c19-18(20,21)16-22-11-2-1-10(7-12(11)23-16)15(27)24-5-3-17(4-6-24)8-13(25)14(26)9-28-17/h1-2,7,13-14,25-26H,3-6,8-9H2,(H,22,23)/t13-,14+/m1/s1. The molecule has 0 saturated carbocycles. The molecule has 0 bridgehead atoms. The Morgan fingerprint density at radius 3 is 2.61 bits per heavy atom. The zero-order valence-corrected chi connectivity index (χ0v) is 14.9. The Labute approximate surface area is 158 Å². The number of ether oxygens (including phenoxy) is 1. The third-order valence-corrected chi connectivity index (χ3v) is 5.54. The number of nitrogens with zero attached hydrogens (tertiary/aromatic N) is 2. The van der Waals surface area contributed by atoms with Crippen molar-refractivity contribution in [3.05, 3.63) is 29.6 Å². The van der Waals surface area contributed by atoms with Gasteiger partial charge < -0.3 is 24.8 Å². The highest BCUT2D eigenvalue weighted by molar-refractivity contribution is 5.97. The minimum absolute atomic E-state index is 0.0626. The Morgan fingerprint density at radius 2 is 1.96 bits per heavy atom. The van der Waals surface area contributed by atoms with E-state index in [-0.39, 0.29) is 29.1 Å². The van der Waals surface area contributed by atoms with Gasteiger partial charge in [-0.1, -0.05) is 0 Å². The molecular formula is C18H20F3N3O4. The number of alkyl halides is 3. The highest BCUT2D eigenvalue weighted by Gasteiger charge is 2.43. The molecule has 10 heteroatoms. The van der Waals surface area contributed by atoms with Crippen molar-refractivity contribution in [2.24, 2.45) is 0 Å². The summed E-state index contributed by atoms with van der Waals surface area (Å²) in [5.41, 5.74) is 0.0227. The number of amides is 1. The number of carbonyl (C=O) groups excluding carboxylic acids is 1. The molecule has 2 fully saturated rings.